The second kappa shape index (κ2) is 9.51. The Morgan fingerprint density at radius 2 is 1.78 bits per heavy atom. The highest BCUT2D eigenvalue weighted by Crippen LogP contribution is 2.42. The molecule has 0 aliphatic carbocycles. The van der Waals surface area contributed by atoms with Gasteiger partial charge in [0.15, 0.2) is 0 Å². The molecule has 0 saturated carbocycles. The van der Waals surface area contributed by atoms with Crippen molar-refractivity contribution in [3.8, 4) is 0 Å². The summed E-state index contributed by atoms with van der Waals surface area (Å²) in [6.07, 6.45) is 1.70. The molecule has 2 aliphatic heterocycles. The monoisotopic (exact) mass is 444 g/mol. The third-order valence-electron chi connectivity index (χ3n) is 6.21. The summed E-state index contributed by atoms with van der Waals surface area (Å²) in [5.74, 6) is -0.516. The Labute approximate surface area is 191 Å². The number of amides is 2. The van der Waals surface area contributed by atoms with Crippen molar-refractivity contribution >= 4 is 18.0 Å². The number of hydrogen-bond donors (Lipinski definition) is 0. The zero-order valence-corrected chi connectivity index (χ0v) is 19.9. The van der Waals surface area contributed by atoms with Gasteiger partial charge in [-0.2, -0.15) is 0 Å². The summed E-state index contributed by atoms with van der Waals surface area (Å²) in [4.78, 5) is 42.5. The Morgan fingerprint density at radius 1 is 1.09 bits per heavy atom. The molecule has 176 valence electrons. The summed E-state index contributed by atoms with van der Waals surface area (Å²) >= 11 is 0. The van der Waals surface area contributed by atoms with Gasteiger partial charge >= 0.3 is 12.1 Å². The fourth-order valence-electron chi connectivity index (χ4n) is 4.68. The molecule has 2 fully saturated rings. The Morgan fingerprint density at radius 3 is 2.41 bits per heavy atom. The lowest BCUT2D eigenvalue weighted by molar-refractivity contribution is -0.159. The van der Waals surface area contributed by atoms with E-state index in [2.05, 4.69) is 0 Å². The summed E-state index contributed by atoms with van der Waals surface area (Å²) < 4.78 is 11.1. The standard InChI is InChI=1S/C25H36N2O5/c1-18(2)20(21(28)31-16-19-10-7-6-8-11-19)27-15-13-25(22(27)29)12-9-14-26(17-25)23(30)32-24(3,4)5/h6-8,10-11,18,20H,9,12-17H2,1-5H3/t20-,25+/m0/s1. The topological polar surface area (TPSA) is 76.2 Å². The van der Waals surface area contributed by atoms with Gasteiger partial charge in [-0.25, -0.2) is 9.59 Å². The highest BCUT2D eigenvalue weighted by molar-refractivity contribution is 5.90. The molecule has 2 saturated heterocycles. The molecule has 2 amide bonds. The first kappa shape index (κ1) is 24.1. The highest BCUT2D eigenvalue weighted by Gasteiger charge is 2.53. The third kappa shape index (κ3) is 5.43. The Hall–Kier alpha value is -2.57. The van der Waals surface area contributed by atoms with Crippen LogP contribution in [0.4, 0.5) is 4.79 Å². The normalized spacial score (nSPS) is 22.4. The molecule has 0 bridgehead atoms. The minimum Gasteiger partial charge on any atom is -0.459 e. The molecule has 2 atom stereocenters. The van der Waals surface area contributed by atoms with Crippen molar-refractivity contribution in [2.45, 2.75) is 72.1 Å². The first-order valence-electron chi connectivity index (χ1n) is 11.5. The van der Waals surface area contributed by atoms with Crippen LogP contribution in [0.5, 0.6) is 0 Å². The predicted molar refractivity (Wildman–Crippen MR) is 121 cm³/mol. The average molecular weight is 445 g/mol. The molecule has 1 aromatic carbocycles. The van der Waals surface area contributed by atoms with E-state index in [1.807, 2.05) is 65.0 Å². The smallest absolute Gasteiger partial charge is 0.410 e. The summed E-state index contributed by atoms with van der Waals surface area (Å²) in [6.45, 7) is 11.0. The van der Waals surface area contributed by atoms with Crippen LogP contribution in [0.2, 0.25) is 0 Å². The van der Waals surface area contributed by atoms with Crippen LogP contribution in [0, 0.1) is 11.3 Å². The van der Waals surface area contributed by atoms with Crippen molar-refractivity contribution in [2.75, 3.05) is 19.6 Å². The number of esters is 1. The molecular weight excluding hydrogens is 408 g/mol. The van der Waals surface area contributed by atoms with Gasteiger partial charge in [0.1, 0.15) is 18.2 Å². The van der Waals surface area contributed by atoms with Gasteiger partial charge in [-0.05, 0) is 51.5 Å². The van der Waals surface area contributed by atoms with E-state index < -0.39 is 17.1 Å². The number of piperidine rings is 1. The van der Waals surface area contributed by atoms with Crippen molar-refractivity contribution < 1.29 is 23.9 Å². The number of rotatable bonds is 5. The second-order valence-corrected chi connectivity index (χ2v) is 10.3. The summed E-state index contributed by atoms with van der Waals surface area (Å²) in [6, 6.07) is 8.88. The number of carbonyl (C=O) groups is 3. The summed E-state index contributed by atoms with van der Waals surface area (Å²) in [5.41, 5.74) is -0.325. The maximum Gasteiger partial charge on any atom is 0.410 e. The number of ether oxygens (including phenoxy) is 2. The molecule has 32 heavy (non-hydrogen) atoms. The first-order chi connectivity index (χ1) is 15.0. The molecule has 7 heteroatoms. The molecule has 0 aromatic heterocycles. The molecule has 1 spiro atoms. The van der Waals surface area contributed by atoms with Crippen LogP contribution in [0.25, 0.3) is 0 Å². The lowest BCUT2D eigenvalue weighted by Crippen LogP contribution is -2.53. The second-order valence-electron chi connectivity index (χ2n) is 10.3. The molecule has 1 aromatic rings. The average Bonchev–Trinajstić information content (AvgIpc) is 3.01. The first-order valence-corrected chi connectivity index (χ1v) is 11.5. The van der Waals surface area contributed by atoms with Crippen molar-refractivity contribution in [1.82, 2.24) is 9.80 Å². The molecule has 0 unspecified atom stereocenters. The SMILES string of the molecule is CC(C)[C@@H](C(=O)OCc1ccccc1)N1CC[C@@]2(CCCN(C(=O)OC(C)(C)C)C2)C1=O. The summed E-state index contributed by atoms with van der Waals surface area (Å²) in [7, 11) is 0. The van der Waals surface area contributed by atoms with Crippen LogP contribution in [-0.2, 0) is 25.7 Å². The van der Waals surface area contributed by atoms with Crippen LogP contribution < -0.4 is 0 Å². The third-order valence-corrected chi connectivity index (χ3v) is 6.21. The Bertz CT molecular complexity index is 832. The minimum absolute atomic E-state index is 0.0545. The van der Waals surface area contributed by atoms with Crippen molar-refractivity contribution in [3.05, 3.63) is 35.9 Å². The van der Waals surface area contributed by atoms with Gasteiger partial charge in [0, 0.05) is 19.6 Å². The zero-order valence-electron chi connectivity index (χ0n) is 19.9. The van der Waals surface area contributed by atoms with Gasteiger partial charge in [0.25, 0.3) is 0 Å². The van der Waals surface area contributed by atoms with E-state index >= 15 is 0 Å². The van der Waals surface area contributed by atoms with E-state index in [0.717, 1.165) is 12.0 Å². The Kier molecular flexibility index (Phi) is 7.16. The lowest BCUT2D eigenvalue weighted by Gasteiger charge is -2.40. The summed E-state index contributed by atoms with van der Waals surface area (Å²) in [5, 5.41) is 0. The molecule has 0 radical (unpaired) electrons. The maximum atomic E-state index is 13.6. The van der Waals surface area contributed by atoms with Crippen LogP contribution in [0.1, 0.15) is 59.4 Å². The van der Waals surface area contributed by atoms with E-state index in [-0.39, 0.29) is 30.5 Å². The molecule has 0 N–H and O–H groups in total. The van der Waals surface area contributed by atoms with Gasteiger partial charge in [-0.3, -0.25) is 4.79 Å². The molecule has 2 aliphatic rings. The van der Waals surface area contributed by atoms with Gasteiger partial charge in [-0.1, -0.05) is 44.2 Å². The van der Waals surface area contributed by atoms with Crippen molar-refractivity contribution in [1.29, 1.82) is 0 Å². The fraction of sp³-hybridized carbons (Fsp3) is 0.640. The number of likely N-dealkylation sites (tertiary alicyclic amines) is 2. The number of nitrogens with zero attached hydrogens (tertiary/aromatic N) is 2. The van der Waals surface area contributed by atoms with Crippen LogP contribution in [0.15, 0.2) is 30.3 Å². The van der Waals surface area contributed by atoms with Gasteiger partial charge in [-0.15, -0.1) is 0 Å². The largest absolute Gasteiger partial charge is 0.459 e. The van der Waals surface area contributed by atoms with E-state index in [1.54, 1.807) is 9.80 Å². The highest BCUT2D eigenvalue weighted by atomic mass is 16.6. The molecule has 7 nitrogen and oxygen atoms in total. The zero-order chi connectivity index (χ0) is 23.5. The van der Waals surface area contributed by atoms with Gasteiger partial charge in [0.2, 0.25) is 5.91 Å². The van der Waals surface area contributed by atoms with Gasteiger partial charge < -0.3 is 19.3 Å². The Balaban J connectivity index is 1.69. The fourth-order valence-corrected chi connectivity index (χ4v) is 4.68. The van der Waals surface area contributed by atoms with E-state index in [4.69, 9.17) is 9.47 Å². The molecule has 3 rings (SSSR count). The van der Waals surface area contributed by atoms with E-state index in [9.17, 15) is 14.4 Å². The maximum absolute atomic E-state index is 13.6. The number of carbonyl (C=O) groups excluding carboxylic acids is 3. The van der Waals surface area contributed by atoms with Gasteiger partial charge in [0.05, 0.1) is 5.41 Å². The van der Waals surface area contributed by atoms with Crippen LogP contribution >= 0.6 is 0 Å². The van der Waals surface area contributed by atoms with Crippen LogP contribution in [-0.4, -0.2) is 59.0 Å². The molecule has 2 heterocycles. The predicted octanol–water partition coefficient (Wildman–Crippen LogP) is 4.00. The van der Waals surface area contributed by atoms with Crippen molar-refractivity contribution in [3.63, 3.8) is 0 Å². The molecular formula is C25H36N2O5. The lowest BCUT2D eigenvalue weighted by atomic mass is 9.78. The quantitative estimate of drug-likeness (QED) is 0.642. The number of benzene rings is 1. The van der Waals surface area contributed by atoms with Crippen molar-refractivity contribution in [2.24, 2.45) is 11.3 Å². The van der Waals surface area contributed by atoms with E-state index in [0.29, 0.717) is 32.5 Å². The number of hydrogen-bond acceptors (Lipinski definition) is 5. The van der Waals surface area contributed by atoms with Crippen LogP contribution in [0.3, 0.4) is 0 Å². The minimum atomic E-state index is -0.651. The van der Waals surface area contributed by atoms with E-state index in [1.165, 1.54) is 0 Å².